The predicted molar refractivity (Wildman–Crippen MR) is 77.6 cm³/mol. The third-order valence-corrected chi connectivity index (χ3v) is 3.41. The molecule has 1 saturated heterocycles. The van der Waals surface area contributed by atoms with Gasteiger partial charge >= 0.3 is 0 Å². The van der Waals surface area contributed by atoms with Crippen molar-refractivity contribution < 1.29 is 9.47 Å². The first-order valence-corrected chi connectivity index (χ1v) is 7.27. The molecule has 0 bridgehead atoms. The molecule has 19 heavy (non-hydrogen) atoms. The molecule has 0 aromatic heterocycles. The number of ether oxygens (including phenoxy) is 2. The van der Waals surface area contributed by atoms with Gasteiger partial charge in [0.1, 0.15) is 5.75 Å². The molecule has 1 aliphatic rings. The summed E-state index contributed by atoms with van der Waals surface area (Å²) in [4.78, 5) is 0. The molecule has 3 nitrogen and oxygen atoms in total. The van der Waals surface area contributed by atoms with Crippen LogP contribution in [0.4, 0.5) is 0 Å². The van der Waals surface area contributed by atoms with Crippen LogP contribution in [0.1, 0.15) is 45.2 Å². The topological polar surface area (TPSA) is 30.5 Å². The lowest BCUT2D eigenvalue weighted by atomic mass is 10.1. The number of benzene rings is 1. The van der Waals surface area contributed by atoms with E-state index in [9.17, 15) is 0 Å². The third kappa shape index (κ3) is 4.51. The van der Waals surface area contributed by atoms with E-state index in [-0.39, 0.29) is 6.10 Å². The molecule has 0 unspecified atom stereocenters. The number of hydrogen-bond donors (Lipinski definition) is 1. The van der Waals surface area contributed by atoms with E-state index >= 15 is 0 Å². The van der Waals surface area contributed by atoms with Crippen molar-refractivity contribution in [2.24, 2.45) is 0 Å². The lowest BCUT2D eigenvalue weighted by molar-refractivity contribution is 0.108. The Bertz CT molecular complexity index is 386. The molecule has 3 heteroatoms. The van der Waals surface area contributed by atoms with Gasteiger partial charge in [-0.25, -0.2) is 0 Å². The summed E-state index contributed by atoms with van der Waals surface area (Å²) in [6.45, 7) is 8.12. The standard InChI is InChI=1S/C16H25NO2/c1-12(2)19-15-7-4-6-14(10-15)13(3)17-11-16-8-5-9-18-16/h4,6-7,10,12-13,16-17H,5,8-9,11H2,1-3H3/t13-,16-/m0/s1. The van der Waals surface area contributed by atoms with E-state index in [4.69, 9.17) is 9.47 Å². The van der Waals surface area contributed by atoms with Gasteiger partial charge in [0.05, 0.1) is 12.2 Å². The molecule has 1 aromatic carbocycles. The van der Waals surface area contributed by atoms with E-state index in [1.807, 2.05) is 19.9 Å². The molecule has 1 aliphatic heterocycles. The van der Waals surface area contributed by atoms with Crippen LogP contribution < -0.4 is 10.1 Å². The van der Waals surface area contributed by atoms with Gasteiger partial charge in [-0.15, -0.1) is 0 Å². The van der Waals surface area contributed by atoms with Crippen LogP contribution >= 0.6 is 0 Å². The average Bonchev–Trinajstić information content (AvgIpc) is 2.88. The number of rotatable bonds is 6. The van der Waals surface area contributed by atoms with Gasteiger partial charge < -0.3 is 14.8 Å². The second-order valence-electron chi connectivity index (χ2n) is 5.50. The Balaban J connectivity index is 1.88. The largest absolute Gasteiger partial charge is 0.491 e. The van der Waals surface area contributed by atoms with Crippen LogP contribution in [0.3, 0.4) is 0 Å². The van der Waals surface area contributed by atoms with Gasteiger partial charge in [-0.3, -0.25) is 0 Å². The van der Waals surface area contributed by atoms with Crippen molar-refractivity contribution in [2.45, 2.75) is 51.9 Å². The maximum absolute atomic E-state index is 5.73. The van der Waals surface area contributed by atoms with Crippen molar-refractivity contribution in [2.75, 3.05) is 13.2 Å². The van der Waals surface area contributed by atoms with Crippen molar-refractivity contribution in [1.29, 1.82) is 0 Å². The minimum Gasteiger partial charge on any atom is -0.491 e. The summed E-state index contributed by atoms with van der Waals surface area (Å²) < 4.78 is 11.4. The van der Waals surface area contributed by atoms with E-state index in [1.54, 1.807) is 0 Å². The molecule has 2 atom stereocenters. The highest BCUT2D eigenvalue weighted by Gasteiger charge is 2.16. The third-order valence-electron chi connectivity index (χ3n) is 3.41. The molecule has 106 valence electrons. The molecule has 1 heterocycles. The highest BCUT2D eigenvalue weighted by atomic mass is 16.5. The normalized spacial score (nSPS) is 20.7. The van der Waals surface area contributed by atoms with Gasteiger partial charge in [0.2, 0.25) is 0 Å². The summed E-state index contributed by atoms with van der Waals surface area (Å²) in [6.07, 6.45) is 2.97. The fourth-order valence-electron chi connectivity index (χ4n) is 2.36. The molecule has 1 fully saturated rings. The maximum Gasteiger partial charge on any atom is 0.120 e. The Hall–Kier alpha value is -1.06. The molecule has 0 radical (unpaired) electrons. The first kappa shape index (κ1) is 14.4. The monoisotopic (exact) mass is 263 g/mol. The quantitative estimate of drug-likeness (QED) is 0.854. The average molecular weight is 263 g/mol. The first-order chi connectivity index (χ1) is 9.15. The summed E-state index contributed by atoms with van der Waals surface area (Å²) in [5.41, 5.74) is 1.26. The first-order valence-electron chi connectivity index (χ1n) is 7.27. The van der Waals surface area contributed by atoms with Crippen molar-refractivity contribution in [3.05, 3.63) is 29.8 Å². The van der Waals surface area contributed by atoms with Crippen molar-refractivity contribution in [3.8, 4) is 5.75 Å². The molecule has 0 spiro atoms. The van der Waals surface area contributed by atoms with Crippen LogP contribution in [0.25, 0.3) is 0 Å². The number of nitrogens with one attached hydrogen (secondary N) is 1. The van der Waals surface area contributed by atoms with E-state index in [0.29, 0.717) is 12.1 Å². The maximum atomic E-state index is 5.73. The van der Waals surface area contributed by atoms with Crippen LogP contribution in [-0.4, -0.2) is 25.4 Å². The van der Waals surface area contributed by atoms with E-state index in [2.05, 4.69) is 30.4 Å². The van der Waals surface area contributed by atoms with Crippen LogP contribution in [0.2, 0.25) is 0 Å². The second kappa shape index (κ2) is 6.92. The fraction of sp³-hybridized carbons (Fsp3) is 0.625. The Morgan fingerprint density at radius 2 is 2.21 bits per heavy atom. The molecular weight excluding hydrogens is 238 g/mol. The summed E-state index contributed by atoms with van der Waals surface area (Å²) in [7, 11) is 0. The van der Waals surface area contributed by atoms with Crippen LogP contribution in [0.5, 0.6) is 5.75 Å². The molecular formula is C16H25NO2. The zero-order valence-electron chi connectivity index (χ0n) is 12.2. The van der Waals surface area contributed by atoms with Crippen molar-refractivity contribution >= 4 is 0 Å². The Kier molecular flexibility index (Phi) is 5.23. The van der Waals surface area contributed by atoms with E-state index in [0.717, 1.165) is 18.9 Å². The summed E-state index contributed by atoms with van der Waals surface area (Å²) in [6, 6.07) is 8.64. The van der Waals surface area contributed by atoms with E-state index < -0.39 is 0 Å². The summed E-state index contributed by atoms with van der Waals surface area (Å²) >= 11 is 0. The smallest absolute Gasteiger partial charge is 0.120 e. The fourth-order valence-corrected chi connectivity index (χ4v) is 2.36. The van der Waals surface area contributed by atoms with Crippen LogP contribution in [0, 0.1) is 0 Å². The molecule has 0 aliphatic carbocycles. The van der Waals surface area contributed by atoms with Crippen molar-refractivity contribution in [3.63, 3.8) is 0 Å². The van der Waals surface area contributed by atoms with Gasteiger partial charge in [0.15, 0.2) is 0 Å². The van der Waals surface area contributed by atoms with E-state index in [1.165, 1.54) is 18.4 Å². The second-order valence-corrected chi connectivity index (χ2v) is 5.50. The molecule has 2 rings (SSSR count). The lowest BCUT2D eigenvalue weighted by Gasteiger charge is -2.18. The van der Waals surface area contributed by atoms with Crippen molar-refractivity contribution in [1.82, 2.24) is 5.32 Å². The molecule has 1 N–H and O–H groups in total. The van der Waals surface area contributed by atoms with Gasteiger partial charge in [-0.1, -0.05) is 12.1 Å². The SMILES string of the molecule is CC(C)Oc1cccc([C@H](C)NC[C@@H]2CCCO2)c1. The highest BCUT2D eigenvalue weighted by molar-refractivity contribution is 5.30. The zero-order chi connectivity index (χ0) is 13.7. The summed E-state index contributed by atoms with van der Waals surface area (Å²) in [5.74, 6) is 0.943. The molecule has 0 saturated carbocycles. The highest BCUT2D eigenvalue weighted by Crippen LogP contribution is 2.20. The van der Waals surface area contributed by atoms with Gasteiger partial charge in [0.25, 0.3) is 0 Å². The zero-order valence-corrected chi connectivity index (χ0v) is 12.2. The van der Waals surface area contributed by atoms with Gasteiger partial charge in [-0.05, 0) is 51.3 Å². The Labute approximate surface area is 116 Å². The van der Waals surface area contributed by atoms with Crippen LogP contribution in [0.15, 0.2) is 24.3 Å². The minimum atomic E-state index is 0.213. The predicted octanol–water partition coefficient (Wildman–Crippen LogP) is 3.30. The number of hydrogen-bond acceptors (Lipinski definition) is 3. The van der Waals surface area contributed by atoms with Crippen LogP contribution in [-0.2, 0) is 4.74 Å². The van der Waals surface area contributed by atoms with Gasteiger partial charge in [0, 0.05) is 19.2 Å². The van der Waals surface area contributed by atoms with Gasteiger partial charge in [-0.2, -0.15) is 0 Å². The molecule has 0 amide bonds. The Morgan fingerprint density at radius 1 is 1.37 bits per heavy atom. The Morgan fingerprint density at radius 3 is 2.89 bits per heavy atom. The lowest BCUT2D eigenvalue weighted by Crippen LogP contribution is -2.28. The molecule has 1 aromatic rings. The summed E-state index contributed by atoms with van der Waals surface area (Å²) in [5, 5.41) is 3.54. The minimum absolute atomic E-state index is 0.213.